The molecule has 1 amide bonds. The van der Waals surface area contributed by atoms with Crippen molar-refractivity contribution in [3.63, 3.8) is 0 Å². The first-order chi connectivity index (χ1) is 14.1. The lowest BCUT2D eigenvalue weighted by molar-refractivity contribution is -0.132. The Labute approximate surface area is 169 Å². The standard InChI is InChI=1S/C23H25N3O3/c1-25-21(24-20-6-4-3-5-19(20)23(25)28)13-14-22(27)26(17-9-10-17)15-16-7-11-18(29-2)12-8-16/h3-8,11-12,17H,9-10,13-15H2,1-2H3. The molecule has 0 aliphatic heterocycles. The molecule has 0 radical (unpaired) electrons. The molecule has 6 heteroatoms. The Morgan fingerprint density at radius 3 is 2.59 bits per heavy atom. The maximum Gasteiger partial charge on any atom is 0.261 e. The van der Waals surface area contributed by atoms with E-state index >= 15 is 0 Å². The third kappa shape index (κ3) is 4.16. The van der Waals surface area contributed by atoms with Gasteiger partial charge in [0.25, 0.3) is 5.56 Å². The summed E-state index contributed by atoms with van der Waals surface area (Å²) in [5.74, 6) is 1.55. The fraction of sp³-hybridized carbons (Fsp3) is 0.348. The zero-order chi connectivity index (χ0) is 20.4. The van der Waals surface area contributed by atoms with Crippen LogP contribution in [0.2, 0.25) is 0 Å². The van der Waals surface area contributed by atoms with Crippen molar-refractivity contribution < 1.29 is 9.53 Å². The molecule has 0 saturated heterocycles. The van der Waals surface area contributed by atoms with E-state index in [1.807, 2.05) is 47.4 Å². The second-order valence-electron chi connectivity index (χ2n) is 7.51. The molecule has 0 bridgehead atoms. The summed E-state index contributed by atoms with van der Waals surface area (Å²) < 4.78 is 6.76. The minimum absolute atomic E-state index is 0.0738. The molecular formula is C23H25N3O3. The van der Waals surface area contributed by atoms with E-state index in [0.29, 0.717) is 42.2 Å². The molecule has 150 valence electrons. The van der Waals surface area contributed by atoms with Gasteiger partial charge in [0, 0.05) is 32.5 Å². The number of benzene rings is 2. The number of ether oxygens (including phenoxy) is 1. The van der Waals surface area contributed by atoms with Gasteiger partial charge in [-0.1, -0.05) is 24.3 Å². The summed E-state index contributed by atoms with van der Waals surface area (Å²) in [6.45, 7) is 0.595. The lowest BCUT2D eigenvalue weighted by Gasteiger charge is -2.23. The molecule has 1 saturated carbocycles. The smallest absolute Gasteiger partial charge is 0.261 e. The van der Waals surface area contributed by atoms with Gasteiger partial charge >= 0.3 is 0 Å². The van der Waals surface area contributed by atoms with E-state index in [4.69, 9.17) is 4.74 Å². The lowest BCUT2D eigenvalue weighted by atomic mass is 10.1. The Kier molecular flexibility index (Phi) is 5.34. The highest BCUT2D eigenvalue weighted by Crippen LogP contribution is 2.29. The zero-order valence-electron chi connectivity index (χ0n) is 16.8. The molecule has 0 atom stereocenters. The van der Waals surface area contributed by atoms with Crippen LogP contribution >= 0.6 is 0 Å². The number of nitrogens with zero attached hydrogens (tertiary/aromatic N) is 3. The van der Waals surface area contributed by atoms with Crippen LogP contribution in [0.3, 0.4) is 0 Å². The molecule has 1 aliphatic carbocycles. The van der Waals surface area contributed by atoms with Crippen LogP contribution in [0, 0.1) is 0 Å². The number of fused-ring (bicyclic) bond motifs is 1. The summed E-state index contributed by atoms with van der Waals surface area (Å²) in [5, 5.41) is 0.601. The fourth-order valence-corrected chi connectivity index (χ4v) is 3.58. The quantitative estimate of drug-likeness (QED) is 0.621. The maximum absolute atomic E-state index is 13.0. The van der Waals surface area contributed by atoms with Gasteiger partial charge in [0.15, 0.2) is 0 Å². The lowest BCUT2D eigenvalue weighted by Crippen LogP contribution is -2.33. The maximum atomic E-state index is 13.0. The summed E-state index contributed by atoms with van der Waals surface area (Å²) in [6, 6.07) is 15.5. The van der Waals surface area contributed by atoms with Gasteiger partial charge in [-0.3, -0.25) is 14.2 Å². The molecule has 2 aromatic carbocycles. The molecule has 1 fully saturated rings. The summed E-state index contributed by atoms with van der Waals surface area (Å²) in [5.41, 5.74) is 1.69. The number of methoxy groups -OCH3 is 1. The van der Waals surface area contributed by atoms with Crippen molar-refractivity contribution in [2.75, 3.05) is 7.11 Å². The minimum atomic E-state index is -0.0738. The van der Waals surface area contributed by atoms with Gasteiger partial charge in [0.1, 0.15) is 11.6 Å². The number of aromatic nitrogens is 2. The van der Waals surface area contributed by atoms with E-state index in [0.717, 1.165) is 24.2 Å². The average molecular weight is 391 g/mol. The highest BCUT2D eigenvalue weighted by Gasteiger charge is 2.32. The molecule has 3 aromatic rings. The summed E-state index contributed by atoms with van der Waals surface area (Å²) >= 11 is 0. The first-order valence-electron chi connectivity index (χ1n) is 9.94. The van der Waals surface area contributed by atoms with E-state index in [1.165, 1.54) is 0 Å². The van der Waals surface area contributed by atoms with Crippen molar-refractivity contribution >= 4 is 16.8 Å². The van der Waals surface area contributed by atoms with Crippen LogP contribution in [-0.2, 0) is 24.8 Å². The predicted molar refractivity (Wildman–Crippen MR) is 112 cm³/mol. The summed E-state index contributed by atoms with van der Waals surface area (Å²) in [7, 11) is 3.36. The Morgan fingerprint density at radius 2 is 1.90 bits per heavy atom. The third-order valence-corrected chi connectivity index (χ3v) is 5.46. The highest BCUT2D eigenvalue weighted by atomic mass is 16.5. The van der Waals surface area contributed by atoms with Gasteiger partial charge in [-0.15, -0.1) is 0 Å². The Morgan fingerprint density at radius 1 is 1.17 bits per heavy atom. The molecular weight excluding hydrogens is 366 g/mol. The predicted octanol–water partition coefficient (Wildman–Crippen LogP) is 3.07. The van der Waals surface area contributed by atoms with E-state index in [2.05, 4.69) is 4.98 Å². The fourth-order valence-electron chi connectivity index (χ4n) is 3.58. The number of carbonyl (C=O) groups is 1. The van der Waals surface area contributed by atoms with Gasteiger partial charge in [-0.2, -0.15) is 0 Å². The van der Waals surface area contributed by atoms with Gasteiger partial charge in [0.2, 0.25) is 5.91 Å². The average Bonchev–Trinajstić information content (AvgIpc) is 3.59. The third-order valence-electron chi connectivity index (χ3n) is 5.46. The molecule has 1 aromatic heterocycles. The number of carbonyl (C=O) groups excluding carboxylic acids is 1. The second-order valence-corrected chi connectivity index (χ2v) is 7.51. The molecule has 1 aliphatic rings. The van der Waals surface area contributed by atoms with E-state index < -0.39 is 0 Å². The van der Waals surface area contributed by atoms with E-state index in [1.54, 1.807) is 24.8 Å². The second kappa shape index (κ2) is 8.07. The number of para-hydroxylation sites is 1. The number of hydrogen-bond acceptors (Lipinski definition) is 4. The number of rotatable bonds is 7. The molecule has 4 rings (SSSR count). The summed E-state index contributed by atoms with van der Waals surface area (Å²) in [6.07, 6.45) is 2.88. The van der Waals surface area contributed by atoms with E-state index in [9.17, 15) is 9.59 Å². The van der Waals surface area contributed by atoms with Crippen molar-refractivity contribution in [2.24, 2.45) is 7.05 Å². The van der Waals surface area contributed by atoms with Crippen LogP contribution in [0.4, 0.5) is 0 Å². The highest BCUT2D eigenvalue weighted by molar-refractivity contribution is 5.78. The Bertz CT molecular complexity index is 1080. The van der Waals surface area contributed by atoms with Crippen LogP contribution in [0.1, 0.15) is 30.7 Å². The van der Waals surface area contributed by atoms with Crippen LogP contribution < -0.4 is 10.3 Å². The molecule has 0 N–H and O–H groups in total. The van der Waals surface area contributed by atoms with Gasteiger partial charge in [0.05, 0.1) is 18.0 Å². The number of amides is 1. The van der Waals surface area contributed by atoms with Crippen molar-refractivity contribution in [2.45, 2.75) is 38.3 Å². The summed E-state index contributed by atoms with van der Waals surface area (Å²) in [4.78, 5) is 32.1. The van der Waals surface area contributed by atoms with Gasteiger partial charge < -0.3 is 9.64 Å². The van der Waals surface area contributed by atoms with Crippen LogP contribution in [0.15, 0.2) is 53.3 Å². The number of hydrogen-bond donors (Lipinski definition) is 0. The van der Waals surface area contributed by atoms with Crippen molar-refractivity contribution in [3.8, 4) is 5.75 Å². The Balaban J connectivity index is 1.48. The zero-order valence-corrected chi connectivity index (χ0v) is 16.8. The number of aryl methyl sites for hydroxylation is 1. The van der Waals surface area contributed by atoms with Crippen molar-refractivity contribution in [1.29, 1.82) is 0 Å². The first-order valence-corrected chi connectivity index (χ1v) is 9.94. The largest absolute Gasteiger partial charge is 0.497 e. The SMILES string of the molecule is COc1ccc(CN(C(=O)CCc2nc3ccccc3c(=O)n2C)C2CC2)cc1. The molecule has 29 heavy (non-hydrogen) atoms. The monoisotopic (exact) mass is 391 g/mol. The van der Waals surface area contributed by atoms with Gasteiger partial charge in [-0.25, -0.2) is 4.98 Å². The van der Waals surface area contributed by atoms with Crippen LogP contribution in [-0.4, -0.2) is 33.5 Å². The van der Waals surface area contributed by atoms with Gasteiger partial charge in [-0.05, 0) is 42.7 Å². The van der Waals surface area contributed by atoms with Crippen LogP contribution in [0.25, 0.3) is 10.9 Å². The Hall–Kier alpha value is -3.15. The van der Waals surface area contributed by atoms with E-state index in [-0.39, 0.29) is 11.5 Å². The first kappa shape index (κ1) is 19.2. The molecule has 0 spiro atoms. The molecule has 1 heterocycles. The normalized spacial score (nSPS) is 13.4. The minimum Gasteiger partial charge on any atom is -0.497 e. The van der Waals surface area contributed by atoms with Crippen LogP contribution in [0.5, 0.6) is 5.75 Å². The molecule has 0 unspecified atom stereocenters. The van der Waals surface area contributed by atoms with Crippen molar-refractivity contribution in [3.05, 3.63) is 70.3 Å². The molecule has 6 nitrogen and oxygen atoms in total. The van der Waals surface area contributed by atoms with Crippen molar-refractivity contribution in [1.82, 2.24) is 14.5 Å². The topological polar surface area (TPSA) is 64.4 Å².